The number of carbonyl (C=O) groups is 1. The van der Waals surface area contributed by atoms with Crippen molar-refractivity contribution in [3.05, 3.63) is 35.6 Å². The SMILES string of the molecule is COCCOC(=NC(=O)c1cccc(F)c1)N(C)C(C)C. The van der Waals surface area contributed by atoms with E-state index in [2.05, 4.69) is 4.99 Å². The number of aliphatic imine (C=N–C) groups is 1. The minimum Gasteiger partial charge on any atom is -0.462 e. The van der Waals surface area contributed by atoms with Gasteiger partial charge in [0.25, 0.3) is 11.9 Å². The molecule has 0 saturated carbocycles. The second kappa shape index (κ2) is 8.36. The van der Waals surface area contributed by atoms with E-state index in [0.29, 0.717) is 6.61 Å². The molecule has 0 unspecified atom stereocenters. The molecule has 5 nitrogen and oxygen atoms in total. The van der Waals surface area contributed by atoms with Gasteiger partial charge in [-0.15, -0.1) is 0 Å². The maximum Gasteiger partial charge on any atom is 0.295 e. The topological polar surface area (TPSA) is 51.1 Å². The van der Waals surface area contributed by atoms with Crippen molar-refractivity contribution < 1.29 is 18.7 Å². The zero-order valence-electron chi connectivity index (χ0n) is 12.8. The van der Waals surface area contributed by atoms with Crippen molar-refractivity contribution in [1.29, 1.82) is 0 Å². The first-order chi connectivity index (χ1) is 9.95. The van der Waals surface area contributed by atoms with Crippen LogP contribution in [0.15, 0.2) is 29.3 Å². The van der Waals surface area contributed by atoms with Crippen LogP contribution in [-0.4, -0.2) is 50.2 Å². The number of rotatable bonds is 5. The lowest BCUT2D eigenvalue weighted by molar-refractivity contribution is 0.0981. The van der Waals surface area contributed by atoms with Gasteiger partial charge in [-0.2, -0.15) is 4.99 Å². The summed E-state index contributed by atoms with van der Waals surface area (Å²) >= 11 is 0. The van der Waals surface area contributed by atoms with Crippen LogP contribution in [0, 0.1) is 5.82 Å². The van der Waals surface area contributed by atoms with Crippen LogP contribution in [0.1, 0.15) is 24.2 Å². The quantitative estimate of drug-likeness (QED) is 0.475. The molecule has 0 aliphatic rings. The summed E-state index contributed by atoms with van der Waals surface area (Å²) in [6.07, 6.45) is 0. The zero-order chi connectivity index (χ0) is 15.8. The van der Waals surface area contributed by atoms with E-state index in [4.69, 9.17) is 9.47 Å². The van der Waals surface area contributed by atoms with Crippen molar-refractivity contribution in [2.45, 2.75) is 19.9 Å². The Morgan fingerprint density at radius 2 is 2.10 bits per heavy atom. The summed E-state index contributed by atoms with van der Waals surface area (Å²) in [6, 6.07) is 5.69. The highest BCUT2D eigenvalue weighted by molar-refractivity contribution is 6.01. The Morgan fingerprint density at radius 1 is 1.38 bits per heavy atom. The number of methoxy groups -OCH3 is 1. The van der Waals surface area contributed by atoms with Gasteiger partial charge in [-0.3, -0.25) is 4.79 Å². The van der Waals surface area contributed by atoms with Crippen LogP contribution in [0.4, 0.5) is 4.39 Å². The van der Waals surface area contributed by atoms with Gasteiger partial charge in [0.15, 0.2) is 0 Å². The molecule has 0 aliphatic carbocycles. The summed E-state index contributed by atoms with van der Waals surface area (Å²) in [5, 5.41) is 0. The molecule has 1 rings (SSSR count). The molecule has 6 heteroatoms. The van der Waals surface area contributed by atoms with Crippen LogP contribution in [0.3, 0.4) is 0 Å². The van der Waals surface area contributed by atoms with Gasteiger partial charge >= 0.3 is 0 Å². The molecule has 0 bridgehead atoms. The largest absolute Gasteiger partial charge is 0.462 e. The Labute approximate surface area is 124 Å². The summed E-state index contributed by atoms with van der Waals surface area (Å²) < 4.78 is 23.5. The molecule has 1 aromatic carbocycles. The van der Waals surface area contributed by atoms with E-state index in [-0.39, 0.29) is 24.2 Å². The fourth-order valence-electron chi connectivity index (χ4n) is 1.42. The molecular formula is C15H21FN2O3. The molecule has 0 N–H and O–H groups in total. The first-order valence-corrected chi connectivity index (χ1v) is 6.69. The van der Waals surface area contributed by atoms with E-state index in [0.717, 1.165) is 6.07 Å². The van der Waals surface area contributed by atoms with Crippen LogP contribution in [0.2, 0.25) is 0 Å². The fourth-order valence-corrected chi connectivity index (χ4v) is 1.42. The van der Waals surface area contributed by atoms with E-state index >= 15 is 0 Å². The Hall–Kier alpha value is -1.95. The third-order valence-electron chi connectivity index (χ3n) is 2.86. The molecule has 0 aromatic heterocycles. The summed E-state index contributed by atoms with van der Waals surface area (Å²) in [4.78, 5) is 17.7. The number of ether oxygens (including phenoxy) is 2. The van der Waals surface area contributed by atoms with Gasteiger partial charge in [0.2, 0.25) is 0 Å². The van der Waals surface area contributed by atoms with Gasteiger partial charge in [0, 0.05) is 25.8 Å². The van der Waals surface area contributed by atoms with Crippen LogP contribution in [-0.2, 0) is 9.47 Å². The Bertz CT molecular complexity index is 503. The molecule has 0 atom stereocenters. The number of amides is 1. The molecule has 0 fully saturated rings. The number of amidine groups is 1. The number of benzene rings is 1. The van der Waals surface area contributed by atoms with Crippen LogP contribution < -0.4 is 0 Å². The maximum absolute atomic E-state index is 13.1. The fraction of sp³-hybridized carbons (Fsp3) is 0.467. The highest BCUT2D eigenvalue weighted by Crippen LogP contribution is 2.07. The van der Waals surface area contributed by atoms with Crippen LogP contribution in [0.5, 0.6) is 0 Å². The minimum absolute atomic E-state index is 0.103. The molecule has 21 heavy (non-hydrogen) atoms. The molecule has 0 saturated heterocycles. The highest BCUT2D eigenvalue weighted by atomic mass is 19.1. The normalized spacial score (nSPS) is 11.6. The van der Waals surface area contributed by atoms with Gasteiger partial charge in [-0.1, -0.05) is 6.07 Å². The second-order valence-electron chi connectivity index (χ2n) is 4.76. The van der Waals surface area contributed by atoms with E-state index < -0.39 is 11.7 Å². The first kappa shape index (κ1) is 17.1. The van der Waals surface area contributed by atoms with Gasteiger partial charge in [-0.05, 0) is 32.0 Å². The predicted molar refractivity (Wildman–Crippen MR) is 78.9 cm³/mol. The molecule has 0 aliphatic heterocycles. The second-order valence-corrected chi connectivity index (χ2v) is 4.76. The van der Waals surface area contributed by atoms with Gasteiger partial charge in [0.1, 0.15) is 12.4 Å². The lowest BCUT2D eigenvalue weighted by Crippen LogP contribution is -2.36. The molecule has 116 valence electrons. The molecule has 0 radical (unpaired) electrons. The van der Waals surface area contributed by atoms with Crippen LogP contribution >= 0.6 is 0 Å². The Morgan fingerprint density at radius 3 is 2.67 bits per heavy atom. The Balaban J connectivity index is 2.92. The third kappa shape index (κ3) is 5.51. The van der Waals surface area contributed by atoms with E-state index in [1.807, 2.05) is 13.8 Å². The van der Waals surface area contributed by atoms with Crippen molar-refractivity contribution in [1.82, 2.24) is 4.90 Å². The molecular weight excluding hydrogens is 275 g/mol. The number of hydrogen-bond acceptors (Lipinski definition) is 3. The summed E-state index contributed by atoms with van der Waals surface area (Å²) in [7, 11) is 3.33. The third-order valence-corrected chi connectivity index (χ3v) is 2.86. The molecule has 1 aromatic rings. The zero-order valence-corrected chi connectivity index (χ0v) is 12.8. The van der Waals surface area contributed by atoms with Crippen molar-refractivity contribution in [2.24, 2.45) is 4.99 Å². The number of hydrogen-bond donors (Lipinski definition) is 0. The van der Waals surface area contributed by atoms with Crippen molar-refractivity contribution in [3.8, 4) is 0 Å². The summed E-state index contributed by atoms with van der Waals surface area (Å²) in [5.41, 5.74) is 0.181. The van der Waals surface area contributed by atoms with E-state index in [1.54, 1.807) is 19.1 Å². The first-order valence-electron chi connectivity index (χ1n) is 6.69. The van der Waals surface area contributed by atoms with Gasteiger partial charge < -0.3 is 14.4 Å². The Kier molecular flexibility index (Phi) is 6.81. The van der Waals surface area contributed by atoms with Crippen molar-refractivity contribution in [3.63, 3.8) is 0 Å². The van der Waals surface area contributed by atoms with Gasteiger partial charge in [0.05, 0.1) is 6.61 Å². The number of carbonyl (C=O) groups excluding carboxylic acids is 1. The standard InChI is InChI=1S/C15H21FN2O3/c1-11(2)18(3)15(21-9-8-20-4)17-14(19)12-6-5-7-13(16)10-12/h5-7,10-11H,8-9H2,1-4H3. The molecule has 1 amide bonds. The lowest BCUT2D eigenvalue weighted by Gasteiger charge is -2.24. The van der Waals surface area contributed by atoms with E-state index in [9.17, 15) is 9.18 Å². The van der Waals surface area contributed by atoms with Crippen molar-refractivity contribution in [2.75, 3.05) is 27.4 Å². The highest BCUT2D eigenvalue weighted by Gasteiger charge is 2.15. The monoisotopic (exact) mass is 296 g/mol. The molecule has 0 spiro atoms. The smallest absolute Gasteiger partial charge is 0.295 e. The summed E-state index contributed by atoms with van der Waals surface area (Å²) in [6.45, 7) is 4.56. The van der Waals surface area contributed by atoms with Gasteiger partial charge in [-0.25, -0.2) is 4.39 Å². The van der Waals surface area contributed by atoms with Crippen molar-refractivity contribution >= 4 is 11.9 Å². The maximum atomic E-state index is 13.1. The minimum atomic E-state index is -0.547. The average molecular weight is 296 g/mol. The van der Waals surface area contributed by atoms with E-state index in [1.165, 1.54) is 18.2 Å². The number of nitrogens with zero attached hydrogens (tertiary/aromatic N) is 2. The predicted octanol–water partition coefficient (Wildman–Crippen LogP) is 2.33. The van der Waals surface area contributed by atoms with Crippen LogP contribution in [0.25, 0.3) is 0 Å². The summed E-state index contributed by atoms with van der Waals surface area (Å²) in [5.74, 6) is -1.02. The lowest BCUT2D eigenvalue weighted by atomic mass is 10.2. The number of halogens is 1. The molecule has 0 heterocycles. The average Bonchev–Trinajstić information content (AvgIpc) is 2.45.